The minimum atomic E-state index is 0. The van der Waals surface area contributed by atoms with Gasteiger partial charge >= 0.3 is 0 Å². The zero-order valence-corrected chi connectivity index (χ0v) is 14.8. The third kappa shape index (κ3) is 4.95. The molecule has 3 rings (SSSR count). The lowest BCUT2D eigenvalue weighted by molar-refractivity contribution is 0.0925. The Morgan fingerprint density at radius 1 is 1.09 bits per heavy atom. The molecule has 0 spiro atoms. The van der Waals surface area contributed by atoms with E-state index in [1.807, 2.05) is 12.1 Å². The Morgan fingerprint density at radius 2 is 1.78 bits per heavy atom. The number of hydrogen-bond acceptors (Lipinski definition) is 2. The van der Waals surface area contributed by atoms with E-state index in [0.29, 0.717) is 18.0 Å². The van der Waals surface area contributed by atoms with Crippen LogP contribution in [0.15, 0.2) is 24.3 Å². The minimum Gasteiger partial charge on any atom is -0.349 e. The predicted octanol–water partition coefficient (Wildman–Crippen LogP) is 4.03. The van der Waals surface area contributed by atoms with Crippen LogP contribution in [-0.2, 0) is 0 Å². The van der Waals surface area contributed by atoms with Crippen molar-refractivity contribution >= 4 is 18.3 Å². The number of hydrogen-bond donors (Lipinski definition) is 2. The highest BCUT2D eigenvalue weighted by Gasteiger charge is 2.21. The first-order valence-corrected chi connectivity index (χ1v) is 8.86. The fourth-order valence-electron chi connectivity index (χ4n) is 3.87. The highest BCUT2D eigenvalue weighted by molar-refractivity contribution is 5.94. The van der Waals surface area contributed by atoms with Gasteiger partial charge in [0, 0.05) is 17.6 Å². The third-order valence-corrected chi connectivity index (χ3v) is 5.21. The average Bonchev–Trinajstić information content (AvgIpc) is 2.56. The second-order valence-electron chi connectivity index (χ2n) is 7.01. The maximum Gasteiger partial charge on any atom is 0.251 e. The van der Waals surface area contributed by atoms with E-state index >= 15 is 0 Å². The standard InChI is InChI=1S/C19H28N2O.ClH/c1-14-13-18(11-12-20-14)21-19(22)17-9-7-16(8-10-17)15-5-3-2-4-6-15;/h7-10,14-15,18,20H,2-6,11-13H2,1H3,(H,21,22);1H. The van der Waals surface area contributed by atoms with Crippen molar-refractivity contribution in [3.05, 3.63) is 35.4 Å². The highest BCUT2D eigenvalue weighted by atomic mass is 35.5. The largest absolute Gasteiger partial charge is 0.349 e. The Labute approximate surface area is 146 Å². The van der Waals surface area contributed by atoms with Crippen LogP contribution in [0.1, 0.15) is 73.7 Å². The van der Waals surface area contributed by atoms with Crippen molar-refractivity contribution in [3.63, 3.8) is 0 Å². The molecule has 2 atom stereocenters. The molecule has 0 bridgehead atoms. The molecule has 2 aliphatic rings. The van der Waals surface area contributed by atoms with Crippen molar-refractivity contribution in [2.45, 2.75) is 69.9 Å². The zero-order chi connectivity index (χ0) is 15.4. The van der Waals surface area contributed by atoms with Gasteiger partial charge in [0.1, 0.15) is 0 Å². The lowest BCUT2D eigenvalue weighted by atomic mass is 9.84. The van der Waals surface area contributed by atoms with Gasteiger partial charge in [-0.25, -0.2) is 0 Å². The number of benzene rings is 1. The van der Waals surface area contributed by atoms with E-state index < -0.39 is 0 Å². The predicted molar refractivity (Wildman–Crippen MR) is 97.5 cm³/mol. The maximum atomic E-state index is 12.4. The van der Waals surface area contributed by atoms with Gasteiger partial charge in [0.25, 0.3) is 5.91 Å². The molecule has 4 heteroatoms. The van der Waals surface area contributed by atoms with Gasteiger partial charge in [-0.1, -0.05) is 31.4 Å². The summed E-state index contributed by atoms with van der Waals surface area (Å²) in [5.74, 6) is 0.783. The molecule has 1 aliphatic heterocycles. The number of nitrogens with one attached hydrogen (secondary N) is 2. The molecule has 1 aromatic carbocycles. The summed E-state index contributed by atoms with van der Waals surface area (Å²) < 4.78 is 0. The number of piperidine rings is 1. The van der Waals surface area contributed by atoms with E-state index in [2.05, 4.69) is 29.7 Å². The topological polar surface area (TPSA) is 41.1 Å². The second kappa shape index (κ2) is 8.70. The lowest BCUT2D eigenvalue weighted by Crippen LogP contribution is -2.46. The van der Waals surface area contributed by atoms with Crippen LogP contribution >= 0.6 is 12.4 Å². The molecule has 0 radical (unpaired) electrons. The van der Waals surface area contributed by atoms with Crippen LogP contribution < -0.4 is 10.6 Å². The zero-order valence-electron chi connectivity index (χ0n) is 14.0. The third-order valence-electron chi connectivity index (χ3n) is 5.21. The molecule has 2 N–H and O–H groups in total. The van der Waals surface area contributed by atoms with Crippen molar-refractivity contribution in [1.29, 1.82) is 0 Å². The Morgan fingerprint density at radius 3 is 2.43 bits per heavy atom. The molecule has 1 amide bonds. The van der Waals surface area contributed by atoms with Gasteiger partial charge in [-0.2, -0.15) is 0 Å². The smallest absolute Gasteiger partial charge is 0.251 e. The van der Waals surface area contributed by atoms with Crippen LogP contribution in [0.5, 0.6) is 0 Å². The summed E-state index contributed by atoms with van der Waals surface area (Å²) in [4.78, 5) is 12.4. The van der Waals surface area contributed by atoms with Crippen LogP contribution in [0.4, 0.5) is 0 Å². The second-order valence-corrected chi connectivity index (χ2v) is 7.01. The fraction of sp³-hybridized carbons (Fsp3) is 0.632. The lowest BCUT2D eigenvalue weighted by Gasteiger charge is -2.28. The Kier molecular flexibility index (Phi) is 6.91. The summed E-state index contributed by atoms with van der Waals surface area (Å²) in [6.07, 6.45) is 8.73. The molecule has 128 valence electrons. The van der Waals surface area contributed by atoms with Gasteiger partial charge in [0.15, 0.2) is 0 Å². The Bertz CT molecular complexity index is 497. The molecule has 3 nitrogen and oxygen atoms in total. The summed E-state index contributed by atoms with van der Waals surface area (Å²) in [7, 11) is 0. The van der Waals surface area contributed by atoms with Gasteiger partial charge in [-0.3, -0.25) is 4.79 Å². The number of rotatable bonds is 3. The maximum absolute atomic E-state index is 12.4. The van der Waals surface area contributed by atoms with E-state index in [9.17, 15) is 4.79 Å². The Balaban J connectivity index is 0.00000192. The summed E-state index contributed by atoms with van der Waals surface area (Å²) in [5.41, 5.74) is 2.21. The SMILES string of the molecule is CC1CC(NC(=O)c2ccc(C3CCCCC3)cc2)CCN1.Cl. The van der Waals surface area contributed by atoms with Gasteiger partial charge in [-0.15, -0.1) is 12.4 Å². The molecule has 1 heterocycles. The Hall–Kier alpha value is -1.06. The first-order valence-electron chi connectivity index (χ1n) is 8.86. The summed E-state index contributed by atoms with van der Waals surface area (Å²) >= 11 is 0. The van der Waals surface area contributed by atoms with Crippen molar-refractivity contribution in [2.75, 3.05) is 6.54 Å². The van der Waals surface area contributed by atoms with Crippen molar-refractivity contribution < 1.29 is 4.79 Å². The van der Waals surface area contributed by atoms with Crippen LogP contribution in [0.25, 0.3) is 0 Å². The van der Waals surface area contributed by atoms with Crippen LogP contribution in [-0.4, -0.2) is 24.5 Å². The van der Waals surface area contributed by atoms with E-state index in [1.165, 1.54) is 37.7 Å². The van der Waals surface area contributed by atoms with Crippen LogP contribution in [0, 0.1) is 0 Å². The number of halogens is 1. The van der Waals surface area contributed by atoms with Crippen molar-refractivity contribution in [1.82, 2.24) is 10.6 Å². The van der Waals surface area contributed by atoms with E-state index in [1.54, 1.807) is 0 Å². The molecular weight excluding hydrogens is 308 g/mol. The van der Waals surface area contributed by atoms with Crippen LogP contribution in [0.2, 0.25) is 0 Å². The van der Waals surface area contributed by atoms with Gasteiger partial charge in [-0.05, 0) is 62.8 Å². The molecule has 0 aromatic heterocycles. The molecule has 1 saturated carbocycles. The van der Waals surface area contributed by atoms with Crippen molar-refractivity contribution in [2.24, 2.45) is 0 Å². The number of carbonyl (C=O) groups excluding carboxylic acids is 1. The van der Waals surface area contributed by atoms with E-state index in [-0.39, 0.29) is 18.3 Å². The van der Waals surface area contributed by atoms with E-state index in [4.69, 9.17) is 0 Å². The quantitative estimate of drug-likeness (QED) is 0.875. The van der Waals surface area contributed by atoms with Gasteiger partial charge in [0.2, 0.25) is 0 Å². The molecular formula is C19H29ClN2O. The number of amides is 1. The van der Waals surface area contributed by atoms with Gasteiger partial charge in [0.05, 0.1) is 0 Å². The normalized spacial score (nSPS) is 25.4. The molecule has 23 heavy (non-hydrogen) atoms. The van der Waals surface area contributed by atoms with E-state index in [0.717, 1.165) is 24.9 Å². The molecule has 2 unspecified atom stereocenters. The molecule has 1 saturated heterocycles. The average molecular weight is 337 g/mol. The number of carbonyl (C=O) groups is 1. The summed E-state index contributed by atoms with van der Waals surface area (Å²) in [6, 6.07) is 9.13. The first-order chi connectivity index (χ1) is 10.7. The fourth-order valence-corrected chi connectivity index (χ4v) is 3.87. The minimum absolute atomic E-state index is 0. The monoisotopic (exact) mass is 336 g/mol. The highest BCUT2D eigenvalue weighted by Crippen LogP contribution is 2.32. The van der Waals surface area contributed by atoms with Gasteiger partial charge < -0.3 is 10.6 Å². The summed E-state index contributed by atoms with van der Waals surface area (Å²) in [6.45, 7) is 3.17. The molecule has 1 aliphatic carbocycles. The van der Waals surface area contributed by atoms with Crippen LogP contribution in [0.3, 0.4) is 0 Å². The molecule has 1 aromatic rings. The van der Waals surface area contributed by atoms with Crippen molar-refractivity contribution in [3.8, 4) is 0 Å². The first kappa shape index (κ1) is 18.3. The molecule has 2 fully saturated rings. The summed E-state index contributed by atoms with van der Waals surface area (Å²) in [5, 5.41) is 6.60.